The molecule has 1 unspecified atom stereocenters. The zero-order valence-electron chi connectivity index (χ0n) is 12.0. The Hall–Kier alpha value is -2.03. The third kappa shape index (κ3) is 2.77. The van der Waals surface area contributed by atoms with Gasteiger partial charge in [-0.15, -0.1) is 0 Å². The van der Waals surface area contributed by atoms with Gasteiger partial charge in [0.1, 0.15) is 5.92 Å². The van der Waals surface area contributed by atoms with Crippen LogP contribution in [0.1, 0.15) is 47.9 Å². The topological polar surface area (TPSA) is 51.2 Å². The molecule has 0 saturated carbocycles. The number of ketones is 3. The van der Waals surface area contributed by atoms with Gasteiger partial charge in [0.25, 0.3) is 0 Å². The Bertz CT molecular complexity index is 603. The molecule has 3 heteroatoms. The zero-order valence-corrected chi connectivity index (χ0v) is 12.0. The van der Waals surface area contributed by atoms with E-state index in [9.17, 15) is 14.4 Å². The molecule has 0 aliphatic heterocycles. The van der Waals surface area contributed by atoms with Crippen molar-refractivity contribution >= 4 is 17.3 Å². The second-order valence-corrected chi connectivity index (χ2v) is 6.27. The van der Waals surface area contributed by atoms with Gasteiger partial charge >= 0.3 is 0 Å². The van der Waals surface area contributed by atoms with Gasteiger partial charge in [-0.05, 0) is 11.8 Å². The molecule has 3 nitrogen and oxygen atoms in total. The highest BCUT2D eigenvalue weighted by atomic mass is 16.2. The van der Waals surface area contributed by atoms with Crippen molar-refractivity contribution in [2.24, 2.45) is 11.3 Å². The van der Waals surface area contributed by atoms with Gasteiger partial charge in [0.05, 0.1) is 0 Å². The van der Waals surface area contributed by atoms with E-state index in [1.807, 2.05) is 6.08 Å². The van der Waals surface area contributed by atoms with E-state index in [1.54, 1.807) is 24.3 Å². The minimum absolute atomic E-state index is 0.0825. The van der Waals surface area contributed by atoms with Crippen LogP contribution >= 0.6 is 0 Å². The number of fused-ring (bicyclic) bond motifs is 1. The highest BCUT2D eigenvalue weighted by Gasteiger charge is 2.38. The van der Waals surface area contributed by atoms with Crippen molar-refractivity contribution in [2.75, 3.05) is 0 Å². The SMILES string of the molecule is CC(C)(C)CC=CC1C(=O)C(=O)c2ccccc2C1=O. The molecule has 1 aliphatic rings. The number of benzene rings is 1. The summed E-state index contributed by atoms with van der Waals surface area (Å²) in [6.45, 7) is 6.22. The molecule has 0 saturated heterocycles. The van der Waals surface area contributed by atoms with Gasteiger partial charge in [-0.1, -0.05) is 57.2 Å². The first-order chi connectivity index (χ1) is 9.31. The lowest BCUT2D eigenvalue weighted by atomic mass is 9.80. The first-order valence-corrected chi connectivity index (χ1v) is 6.70. The molecular weight excluding hydrogens is 252 g/mol. The maximum atomic E-state index is 12.3. The molecule has 0 amide bonds. The van der Waals surface area contributed by atoms with E-state index in [-0.39, 0.29) is 16.8 Å². The molecule has 0 N–H and O–H groups in total. The minimum Gasteiger partial charge on any atom is -0.293 e. The fraction of sp³-hybridized carbons (Fsp3) is 0.353. The van der Waals surface area contributed by atoms with E-state index in [1.165, 1.54) is 6.07 Å². The first-order valence-electron chi connectivity index (χ1n) is 6.70. The molecule has 1 aromatic carbocycles. The number of carbonyl (C=O) groups is 3. The van der Waals surface area contributed by atoms with Crippen LogP contribution in [0.2, 0.25) is 0 Å². The zero-order chi connectivity index (χ0) is 14.9. The summed E-state index contributed by atoms with van der Waals surface area (Å²) in [6, 6.07) is 6.50. The van der Waals surface area contributed by atoms with E-state index in [2.05, 4.69) is 20.8 Å². The number of carbonyl (C=O) groups excluding carboxylic acids is 3. The van der Waals surface area contributed by atoms with Gasteiger partial charge in [-0.3, -0.25) is 14.4 Å². The van der Waals surface area contributed by atoms with Gasteiger partial charge in [0.2, 0.25) is 11.6 Å². The predicted molar refractivity (Wildman–Crippen MR) is 76.8 cm³/mol. The summed E-state index contributed by atoms with van der Waals surface area (Å²) >= 11 is 0. The molecule has 0 radical (unpaired) electrons. The van der Waals surface area contributed by atoms with Crippen LogP contribution in [0.5, 0.6) is 0 Å². The standard InChI is InChI=1S/C17H18O3/c1-17(2,3)10-6-9-13-14(18)11-7-4-5-8-12(11)15(19)16(13)20/h4-9,13H,10H2,1-3H3. The maximum Gasteiger partial charge on any atom is 0.230 e. The largest absolute Gasteiger partial charge is 0.293 e. The fourth-order valence-corrected chi connectivity index (χ4v) is 2.19. The molecule has 1 atom stereocenters. The van der Waals surface area contributed by atoms with E-state index < -0.39 is 17.5 Å². The molecule has 2 rings (SSSR count). The summed E-state index contributed by atoms with van der Waals surface area (Å²) in [4.78, 5) is 36.3. The monoisotopic (exact) mass is 270 g/mol. The highest BCUT2D eigenvalue weighted by Crippen LogP contribution is 2.25. The van der Waals surface area contributed by atoms with Crippen molar-refractivity contribution in [2.45, 2.75) is 27.2 Å². The molecule has 20 heavy (non-hydrogen) atoms. The Morgan fingerprint density at radius 3 is 2.20 bits per heavy atom. The molecular formula is C17H18O3. The quantitative estimate of drug-likeness (QED) is 0.471. The lowest BCUT2D eigenvalue weighted by Gasteiger charge is -2.19. The van der Waals surface area contributed by atoms with Gasteiger partial charge < -0.3 is 0 Å². The van der Waals surface area contributed by atoms with E-state index in [0.29, 0.717) is 5.56 Å². The van der Waals surface area contributed by atoms with Gasteiger partial charge in [0, 0.05) is 11.1 Å². The van der Waals surface area contributed by atoms with Crippen LogP contribution in [0.4, 0.5) is 0 Å². The molecule has 104 valence electrons. The predicted octanol–water partition coefficient (Wildman–Crippen LogP) is 3.24. The van der Waals surface area contributed by atoms with E-state index in [4.69, 9.17) is 0 Å². The number of hydrogen-bond donors (Lipinski definition) is 0. The lowest BCUT2D eigenvalue weighted by Crippen LogP contribution is -2.35. The average molecular weight is 270 g/mol. The van der Waals surface area contributed by atoms with Crippen molar-refractivity contribution in [3.05, 3.63) is 47.5 Å². The first kappa shape index (κ1) is 14.4. The maximum absolute atomic E-state index is 12.3. The van der Waals surface area contributed by atoms with Crippen LogP contribution in [-0.2, 0) is 4.79 Å². The number of rotatable bonds is 2. The van der Waals surface area contributed by atoms with Crippen LogP contribution in [0.3, 0.4) is 0 Å². The minimum atomic E-state index is -0.959. The third-order valence-electron chi connectivity index (χ3n) is 3.28. The molecule has 0 spiro atoms. The Morgan fingerprint density at radius 2 is 1.60 bits per heavy atom. The summed E-state index contributed by atoms with van der Waals surface area (Å²) in [5.41, 5.74) is 0.657. The number of Topliss-reactive ketones (excluding diaryl/α,β-unsaturated/α-hetero) is 3. The summed E-state index contributed by atoms with van der Waals surface area (Å²) in [5.74, 6) is -2.43. The van der Waals surface area contributed by atoms with Gasteiger partial charge in [0.15, 0.2) is 5.78 Å². The number of allylic oxidation sites excluding steroid dienone is 2. The van der Waals surface area contributed by atoms with Crippen molar-refractivity contribution in [3.8, 4) is 0 Å². The van der Waals surface area contributed by atoms with Crippen molar-refractivity contribution < 1.29 is 14.4 Å². The Kier molecular flexibility index (Phi) is 3.71. The Labute approximate surface area is 118 Å². The molecule has 0 heterocycles. The van der Waals surface area contributed by atoms with Crippen LogP contribution in [-0.4, -0.2) is 17.3 Å². The Morgan fingerprint density at radius 1 is 1.00 bits per heavy atom. The second kappa shape index (κ2) is 5.16. The lowest BCUT2D eigenvalue weighted by molar-refractivity contribution is -0.116. The molecule has 0 aromatic heterocycles. The summed E-state index contributed by atoms with van der Waals surface area (Å²) in [7, 11) is 0. The molecule has 0 bridgehead atoms. The molecule has 1 aromatic rings. The van der Waals surface area contributed by atoms with Crippen LogP contribution in [0.15, 0.2) is 36.4 Å². The van der Waals surface area contributed by atoms with Crippen LogP contribution < -0.4 is 0 Å². The van der Waals surface area contributed by atoms with Crippen molar-refractivity contribution in [1.82, 2.24) is 0 Å². The third-order valence-corrected chi connectivity index (χ3v) is 3.28. The normalized spacial score (nSPS) is 19.6. The van der Waals surface area contributed by atoms with Crippen molar-refractivity contribution in [1.29, 1.82) is 0 Å². The Balaban J connectivity index is 2.31. The summed E-state index contributed by atoms with van der Waals surface area (Å²) < 4.78 is 0. The van der Waals surface area contributed by atoms with Crippen LogP contribution in [0.25, 0.3) is 0 Å². The summed E-state index contributed by atoms with van der Waals surface area (Å²) in [5, 5.41) is 0. The van der Waals surface area contributed by atoms with E-state index in [0.717, 1.165) is 6.42 Å². The van der Waals surface area contributed by atoms with Gasteiger partial charge in [-0.2, -0.15) is 0 Å². The molecule has 1 aliphatic carbocycles. The van der Waals surface area contributed by atoms with E-state index >= 15 is 0 Å². The molecule has 0 fully saturated rings. The summed E-state index contributed by atoms with van der Waals surface area (Å²) in [6.07, 6.45) is 4.14. The second-order valence-electron chi connectivity index (χ2n) is 6.27. The highest BCUT2D eigenvalue weighted by molar-refractivity contribution is 6.52. The van der Waals surface area contributed by atoms with Gasteiger partial charge in [-0.25, -0.2) is 0 Å². The van der Waals surface area contributed by atoms with Crippen molar-refractivity contribution in [3.63, 3.8) is 0 Å². The fourth-order valence-electron chi connectivity index (χ4n) is 2.19. The number of hydrogen-bond acceptors (Lipinski definition) is 3. The van der Waals surface area contributed by atoms with Crippen LogP contribution in [0, 0.1) is 11.3 Å². The smallest absolute Gasteiger partial charge is 0.230 e. The average Bonchev–Trinajstić information content (AvgIpc) is 2.39.